The van der Waals surface area contributed by atoms with Gasteiger partial charge in [0.15, 0.2) is 0 Å². The molecule has 0 spiro atoms. The predicted octanol–water partition coefficient (Wildman–Crippen LogP) is 1.78. The number of hydrogen-bond acceptors (Lipinski definition) is 3. The van der Waals surface area contributed by atoms with Gasteiger partial charge in [0.1, 0.15) is 0 Å². The second-order valence-electron chi connectivity index (χ2n) is 5.61. The van der Waals surface area contributed by atoms with E-state index in [1.54, 1.807) is 23.1 Å². The number of hydrogen-bond donors (Lipinski definition) is 1. The minimum Gasteiger partial charge on any atom is -0.340 e. The van der Waals surface area contributed by atoms with E-state index in [4.69, 9.17) is 23.2 Å². The van der Waals surface area contributed by atoms with E-state index in [1.807, 2.05) is 4.90 Å². The Bertz CT molecular complexity index is 582. The summed E-state index contributed by atoms with van der Waals surface area (Å²) < 4.78 is 0. The second kappa shape index (κ2) is 6.44. The van der Waals surface area contributed by atoms with Crippen LogP contribution in [0.1, 0.15) is 6.42 Å². The molecule has 0 bridgehead atoms. The maximum Gasteiger partial charge on any atom is 0.228 e. The van der Waals surface area contributed by atoms with Gasteiger partial charge in [-0.1, -0.05) is 23.2 Å². The van der Waals surface area contributed by atoms with Crippen LogP contribution in [0.2, 0.25) is 10.0 Å². The average molecular weight is 342 g/mol. The summed E-state index contributed by atoms with van der Waals surface area (Å²) in [7, 11) is 0. The van der Waals surface area contributed by atoms with E-state index < -0.39 is 0 Å². The number of carbonyl (C=O) groups is 2. The quantitative estimate of drug-likeness (QED) is 0.891. The molecule has 2 saturated heterocycles. The van der Waals surface area contributed by atoms with Crippen LogP contribution in [-0.2, 0) is 9.59 Å². The Labute approximate surface area is 139 Å². The number of piperazine rings is 1. The minimum absolute atomic E-state index is 0.0606. The Kier molecular flexibility index (Phi) is 4.57. The largest absolute Gasteiger partial charge is 0.340 e. The van der Waals surface area contributed by atoms with Crippen molar-refractivity contribution in [3.05, 3.63) is 28.2 Å². The van der Waals surface area contributed by atoms with E-state index in [-0.39, 0.29) is 24.2 Å². The molecule has 0 saturated carbocycles. The molecule has 2 amide bonds. The number of amides is 2. The Morgan fingerprint density at radius 3 is 2.41 bits per heavy atom. The molecular formula is C15H17Cl2N3O2. The lowest BCUT2D eigenvalue weighted by atomic mass is 10.1. The molecule has 1 aromatic carbocycles. The number of halogens is 2. The first kappa shape index (κ1) is 15.6. The standard InChI is InChI=1S/C15H17Cl2N3O2/c16-11-6-12(17)8-13(7-11)20-9-10(5-14(20)21)15(22)19-3-1-18-2-4-19/h6-8,10,18H,1-5,9H2. The molecule has 1 N–H and O–H groups in total. The van der Waals surface area contributed by atoms with Gasteiger partial charge in [-0.05, 0) is 18.2 Å². The van der Waals surface area contributed by atoms with Gasteiger partial charge >= 0.3 is 0 Å². The Morgan fingerprint density at radius 2 is 1.77 bits per heavy atom. The Morgan fingerprint density at radius 1 is 1.14 bits per heavy atom. The van der Waals surface area contributed by atoms with Gasteiger partial charge in [0.2, 0.25) is 11.8 Å². The fourth-order valence-electron chi connectivity index (χ4n) is 2.96. The van der Waals surface area contributed by atoms with Crippen molar-refractivity contribution in [2.45, 2.75) is 6.42 Å². The van der Waals surface area contributed by atoms with Crippen molar-refractivity contribution in [3.63, 3.8) is 0 Å². The van der Waals surface area contributed by atoms with Crippen LogP contribution in [0.5, 0.6) is 0 Å². The lowest BCUT2D eigenvalue weighted by Crippen LogP contribution is -2.48. The summed E-state index contributed by atoms with van der Waals surface area (Å²) in [6, 6.07) is 5.02. The zero-order chi connectivity index (χ0) is 15.7. The van der Waals surface area contributed by atoms with E-state index in [0.717, 1.165) is 13.1 Å². The van der Waals surface area contributed by atoms with Gasteiger partial charge in [-0.2, -0.15) is 0 Å². The maximum atomic E-state index is 12.5. The molecule has 2 aliphatic rings. The summed E-state index contributed by atoms with van der Waals surface area (Å²) in [5.41, 5.74) is 0.651. The summed E-state index contributed by atoms with van der Waals surface area (Å²) in [5, 5.41) is 4.17. The lowest BCUT2D eigenvalue weighted by molar-refractivity contribution is -0.136. The summed E-state index contributed by atoms with van der Waals surface area (Å²) in [6.07, 6.45) is 0.243. The normalized spacial score (nSPS) is 22.3. The minimum atomic E-state index is -0.289. The first-order chi connectivity index (χ1) is 10.5. The smallest absolute Gasteiger partial charge is 0.228 e. The molecule has 7 heteroatoms. The molecule has 3 rings (SSSR count). The number of rotatable bonds is 2. The second-order valence-corrected chi connectivity index (χ2v) is 6.48. The van der Waals surface area contributed by atoms with Crippen LogP contribution < -0.4 is 10.2 Å². The van der Waals surface area contributed by atoms with Gasteiger partial charge in [-0.25, -0.2) is 0 Å². The van der Waals surface area contributed by atoms with E-state index in [1.165, 1.54) is 0 Å². The highest BCUT2D eigenvalue weighted by Crippen LogP contribution is 2.30. The van der Waals surface area contributed by atoms with Crippen molar-refractivity contribution in [3.8, 4) is 0 Å². The highest BCUT2D eigenvalue weighted by Gasteiger charge is 2.37. The van der Waals surface area contributed by atoms with Gasteiger partial charge < -0.3 is 15.1 Å². The van der Waals surface area contributed by atoms with Gasteiger partial charge in [-0.3, -0.25) is 9.59 Å². The van der Waals surface area contributed by atoms with Gasteiger partial charge in [0, 0.05) is 54.9 Å². The lowest BCUT2D eigenvalue weighted by Gasteiger charge is -2.29. The number of anilines is 1. The van der Waals surface area contributed by atoms with Gasteiger partial charge in [0.05, 0.1) is 5.92 Å². The van der Waals surface area contributed by atoms with E-state index in [0.29, 0.717) is 35.4 Å². The van der Waals surface area contributed by atoms with Crippen LogP contribution in [-0.4, -0.2) is 49.4 Å². The van der Waals surface area contributed by atoms with Crippen LogP contribution in [0.15, 0.2) is 18.2 Å². The topological polar surface area (TPSA) is 52.7 Å². The molecule has 22 heavy (non-hydrogen) atoms. The molecule has 1 aromatic rings. The van der Waals surface area contributed by atoms with Crippen LogP contribution in [0.25, 0.3) is 0 Å². The number of carbonyl (C=O) groups excluding carboxylic acids is 2. The molecule has 5 nitrogen and oxygen atoms in total. The number of benzene rings is 1. The van der Waals surface area contributed by atoms with Crippen molar-refractivity contribution >= 4 is 40.7 Å². The molecule has 2 aliphatic heterocycles. The number of nitrogens with one attached hydrogen (secondary N) is 1. The van der Waals surface area contributed by atoms with Crippen molar-refractivity contribution < 1.29 is 9.59 Å². The van der Waals surface area contributed by atoms with Crippen molar-refractivity contribution in [1.82, 2.24) is 10.2 Å². The summed E-state index contributed by atoms with van der Waals surface area (Å²) >= 11 is 12.0. The van der Waals surface area contributed by atoms with E-state index >= 15 is 0 Å². The molecule has 1 unspecified atom stereocenters. The third kappa shape index (κ3) is 3.21. The molecule has 118 valence electrons. The maximum absolute atomic E-state index is 12.5. The van der Waals surface area contributed by atoms with Crippen LogP contribution >= 0.6 is 23.2 Å². The molecule has 2 fully saturated rings. The Hall–Kier alpha value is -1.30. The van der Waals surface area contributed by atoms with Gasteiger partial charge in [-0.15, -0.1) is 0 Å². The van der Waals surface area contributed by atoms with E-state index in [2.05, 4.69) is 5.32 Å². The van der Waals surface area contributed by atoms with Crippen LogP contribution in [0.4, 0.5) is 5.69 Å². The SMILES string of the molecule is O=C(C1CC(=O)N(c2cc(Cl)cc(Cl)c2)C1)N1CCNCC1. The van der Waals surface area contributed by atoms with Gasteiger partial charge in [0.25, 0.3) is 0 Å². The summed E-state index contributed by atoms with van der Waals surface area (Å²) in [6.45, 7) is 3.40. The third-order valence-corrected chi connectivity index (χ3v) is 4.50. The highest BCUT2D eigenvalue weighted by atomic mass is 35.5. The summed E-state index contributed by atoms with van der Waals surface area (Å²) in [4.78, 5) is 28.2. The van der Waals surface area contributed by atoms with Crippen LogP contribution in [0, 0.1) is 5.92 Å². The van der Waals surface area contributed by atoms with E-state index in [9.17, 15) is 9.59 Å². The van der Waals surface area contributed by atoms with Crippen molar-refractivity contribution in [2.24, 2.45) is 5.92 Å². The summed E-state index contributed by atoms with van der Waals surface area (Å²) in [5.74, 6) is -0.291. The fraction of sp³-hybridized carbons (Fsp3) is 0.467. The average Bonchev–Trinajstić information content (AvgIpc) is 2.88. The predicted molar refractivity (Wildman–Crippen MR) is 86.4 cm³/mol. The third-order valence-electron chi connectivity index (χ3n) is 4.06. The monoisotopic (exact) mass is 341 g/mol. The number of nitrogens with zero attached hydrogens (tertiary/aromatic N) is 2. The fourth-order valence-corrected chi connectivity index (χ4v) is 3.48. The van der Waals surface area contributed by atoms with Crippen molar-refractivity contribution in [2.75, 3.05) is 37.6 Å². The highest BCUT2D eigenvalue weighted by molar-refractivity contribution is 6.35. The van der Waals surface area contributed by atoms with Crippen molar-refractivity contribution in [1.29, 1.82) is 0 Å². The molecule has 1 atom stereocenters. The molecular weight excluding hydrogens is 325 g/mol. The zero-order valence-electron chi connectivity index (χ0n) is 12.0. The molecule has 0 radical (unpaired) electrons. The molecule has 0 aromatic heterocycles. The van der Waals surface area contributed by atoms with Crippen LogP contribution in [0.3, 0.4) is 0 Å². The zero-order valence-corrected chi connectivity index (χ0v) is 13.5. The first-order valence-electron chi connectivity index (χ1n) is 7.30. The molecule has 2 heterocycles. The Balaban J connectivity index is 1.73. The first-order valence-corrected chi connectivity index (χ1v) is 8.06. The molecule has 0 aliphatic carbocycles.